The number of rotatable bonds is 6. The molecular weight excluding hydrogens is 396 g/mol. The van der Waals surface area contributed by atoms with Crippen LogP contribution in [0.4, 0.5) is 16.2 Å². The fraction of sp³-hybridized carbons (Fsp3) is 0.333. The van der Waals surface area contributed by atoms with Gasteiger partial charge < -0.3 is 19.5 Å². The van der Waals surface area contributed by atoms with Crippen LogP contribution in [0.1, 0.15) is 26.3 Å². The van der Waals surface area contributed by atoms with Crippen LogP contribution >= 0.6 is 11.6 Å². The topological polar surface area (TPSA) is 85.9 Å². The molecule has 0 saturated carbocycles. The summed E-state index contributed by atoms with van der Waals surface area (Å²) in [7, 11) is 3.00. The normalized spacial score (nSPS) is 10.8. The smallest absolute Gasteiger partial charge is 0.412 e. The lowest BCUT2D eigenvalue weighted by Gasteiger charge is -2.19. The number of ether oxygens (including phenoxy) is 3. The number of methoxy groups -OCH3 is 2. The Morgan fingerprint density at radius 2 is 1.59 bits per heavy atom. The van der Waals surface area contributed by atoms with E-state index in [1.54, 1.807) is 57.2 Å². The molecule has 0 bridgehead atoms. The highest BCUT2D eigenvalue weighted by atomic mass is 35.5. The summed E-state index contributed by atoms with van der Waals surface area (Å²) in [6.45, 7) is 5.37. The summed E-state index contributed by atoms with van der Waals surface area (Å²) in [6.07, 6.45) is -0.397. The number of hydrogen-bond donors (Lipinski definition) is 2. The number of benzene rings is 2. The van der Waals surface area contributed by atoms with Crippen LogP contribution < -0.4 is 20.1 Å². The van der Waals surface area contributed by atoms with E-state index < -0.39 is 11.7 Å². The fourth-order valence-electron chi connectivity index (χ4n) is 2.46. The minimum Gasteiger partial charge on any atom is -0.495 e. The molecule has 2 amide bonds. The summed E-state index contributed by atoms with van der Waals surface area (Å²) in [5.41, 5.74) is 1.22. The summed E-state index contributed by atoms with van der Waals surface area (Å²) >= 11 is 6.12. The van der Waals surface area contributed by atoms with Crippen molar-refractivity contribution in [2.24, 2.45) is 0 Å². The standard InChI is InChI=1S/C21H25ClN2O5/c1-21(2,3)29-20(26)23-14-8-6-13(7-9-14)10-19(25)24-16-11-15(22)17(27-4)12-18(16)28-5/h6-9,11-12H,10H2,1-5H3,(H,23,26)(H,24,25). The van der Waals surface area contributed by atoms with Gasteiger partial charge >= 0.3 is 6.09 Å². The average Bonchev–Trinajstić information content (AvgIpc) is 2.62. The van der Waals surface area contributed by atoms with Gasteiger partial charge in [-0.05, 0) is 44.5 Å². The zero-order valence-electron chi connectivity index (χ0n) is 17.1. The van der Waals surface area contributed by atoms with Gasteiger partial charge in [-0.2, -0.15) is 0 Å². The molecule has 156 valence electrons. The monoisotopic (exact) mass is 420 g/mol. The van der Waals surface area contributed by atoms with Crippen LogP contribution in [0.2, 0.25) is 5.02 Å². The fourth-order valence-corrected chi connectivity index (χ4v) is 2.71. The molecule has 0 radical (unpaired) electrons. The molecule has 2 rings (SSSR count). The number of nitrogens with one attached hydrogen (secondary N) is 2. The first-order valence-electron chi connectivity index (χ1n) is 8.91. The zero-order chi connectivity index (χ0) is 21.6. The van der Waals surface area contributed by atoms with Gasteiger partial charge in [0.2, 0.25) is 5.91 Å². The lowest BCUT2D eigenvalue weighted by atomic mass is 10.1. The SMILES string of the molecule is COc1cc(OC)c(NC(=O)Cc2ccc(NC(=O)OC(C)(C)C)cc2)cc1Cl. The first kappa shape index (κ1) is 22.4. The molecule has 0 aliphatic carbocycles. The van der Waals surface area contributed by atoms with Crippen molar-refractivity contribution in [1.29, 1.82) is 0 Å². The summed E-state index contributed by atoms with van der Waals surface area (Å²) < 4.78 is 15.6. The van der Waals surface area contributed by atoms with Gasteiger partial charge in [0.25, 0.3) is 0 Å². The van der Waals surface area contributed by atoms with Crippen molar-refractivity contribution in [3.05, 3.63) is 47.0 Å². The Morgan fingerprint density at radius 3 is 2.14 bits per heavy atom. The predicted molar refractivity (Wildman–Crippen MR) is 113 cm³/mol. The molecule has 0 aliphatic rings. The molecule has 2 aromatic carbocycles. The number of carbonyl (C=O) groups excluding carboxylic acids is 2. The summed E-state index contributed by atoms with van der Waals surface area (Å²) in [4.78, 5) is 24.2. The zero-order valence-corrected chi connectivity index (χ0v) is 17.8. The first-order valence-corrected chi connectivity index (χ1v) is 9.29. The summed E-state index contributed by atoms with van der Waals surface area (Å²) in [6, 6.07) is 10.1. The van der Waals surface area contributed by atoms with E-state index in [4.69, 9.17) is 25.8 Å². The van der Waals surface area contributed by atoms with E-state index in [2.05, 4.69) is 10.6 Å². The Balaban J connectivity index is 1.99. The molecule has 0 fully saturated rings. The van der Waals surface area contributed by atoms with Crippen LogP contribution in [0, 0.1) is 0 Å². The van der Waals surface area contributed by atoms with Crippen LogP contribution in [0.25, 0.3) is 0 Å². The highest BCUT2D eigenvalue weighted by molar-refractivity contribution is 6.32. The van der Waals surface area contributed by atoms with Gasteiger partial charge in [-0.25, -0.2) is 4.79 Å². The minimum atomic E-state index is -0.576. The number of hydrogen-bond acceptors (Lipinski definition) is 5. The molecule has 0 heterocycles. The van der Waals surface area contributed by atoms with Gasteiger partial charge in [-0.15, -0.1) is 0 Å². The van der Waals surface area contributed by atoms with Crippen LogP contribution in [0.5, 0.6) is 11.5 Å². The van der Waals surface area contributed by atoms with Crippen molar-refractivity contribution in [1.82, 2.24) is 0 Å². The van der Waals surface area contributed by atoms with Crippen molar-refractivity contribution in [3.8, 4) is 11.5 Å². The van der Waals surface area contributed by atoms with Crippen LogP contribution in [0.15, 0.2) is 36.4 Å². The summed E-state index contributed by atoms with van der Waals surface area (Å²) in [5.74, 6) is 0.656. The molecule has 0 spiro atoms. The first-order chi connectivity index (χ1) is 13.6. The third kappa shape index (κ3) is 6.87. The van der Waals surface area contributed by atoms with Gasteiger partial charge in [0.05, 0.1) is 31.4 Å². The second-order valence-corrected chi connectivity index (χ2v) is 7.64. The highest BCUT2D eigenvalue weighted by Crippen LogP contribution is 2.35. The van der Waals surface area contributed by atoms with Crippen molar-refractivity contribution in [3.63, 3.8) is 0 Å². The number of anilines is 2. The Hall–Kier alpha value is -2.93. The minimum absolute atomic E-state index is 0.138. The third-order valence-electron chi connectivity index (χ3n) is 3.71. The summed E-state index contributed by atoms with van der Waals surface area (Å²) in [5, 5.41) is 5.79. The molecule has 2 N–H and O–H groups in total. The molecule has 0 unspecified atom stereocenters. The van der Waals surface area contributed by atoms with E-state index in [0.29, 0.717) is 27.9 Å². The third-order valence-corrected chi connectivity index (χ3v) is 4.01. The van der Waals surface area contributed by atoms with Gasteiger partial charge in [0, 0.05) is 11.8 Å². The van der Waals surface area contributed by atoms with E-state index >= 15 is 0 Å². The molecule has 0 aliphatic heterocycles. The maximum Gasteiger partial charge on any atom is 0.412 e. The largest absolute Gasteiger partial charge is 0.495 e. The van der Waals surface area contributed by atoms with Gasteiger partial charge in [0.15, 0.2) is 0 Å². The molecule has 0 atom stereocenters. The van der Waals surface area contributed by atoms with Crippen LogP contribution in [-0.2, 0) is 16.0 Å². The van der Waals surface area contributed by atoms with Crippen molar-refractivity contribution in [2.75, 3.05) is 24.9 Å². The second-order valence-electron chi connectivity index (χ2n) is 7.24. The average molecular weight is 421 g/mol. The molecule has 8 heteroatoms. The number of halogens is 1. The van der Waals surface area contributed by atoms with Crippen LogP contribution in [0.3, 0.4) is 0 Å². The van der Waals surface area contributed by atoms with Gasteiger partial charge in [0.1, 0.15) is 17.1 Å². The van der Waals surface area contributed by atoms with E-state index in [1.807, 2.05) is 0 Å². The van der Waals surface area contributed by atoms with E-state index in [-0.39, 0.29) is 12.3 Å². The predicted octanol–water partition coefficient (Wildman–Crippen LogP) is 4.89. The van der Waals surface area contributed by atoms with E-state index in [9.17, 15) is 9.59 Å². The Kier molecular flexibility index (Phi) is 7.34. The molecule has 0 aromatic heterocycles. The molecule has 7 nitrogen and oxygen atoms in total. The second kappa shape index (κ2) is 9.52. The Bertz CT molecular complexity index is 876. The van der Waals surface area contributed by atoms with Crippen molar-refractivity contribution < 1.29 is 23.8 Å². The Morgan fingerprint density at radius 1 is 0.966 bits per heavy atom. The number of carbonyl (C=O) groups is 2. The molecular formula is C21H25ClN2O5. The van der Waals surface area contributed by atoms with E-state index in [0.717, 1.165) is 5.56 Å². The molecule has 0 saturated heterocycles. The van der Waals surface area contributed by atoms with Gasteiger partial charge in [-0.1, -0.05) is 23.7 Å². The molecule has 2 aromatic rings. The van der Waals surface area contributed by atoms with Crippen molar-refractivity contribution >= 4 is 35.0 Å². The van der Waals surface area contributed by atoms with E-state index in [1.165, 1.54) is 14.2 Å². The number of amides is 2. The quantitative estimate of drug-likeness (QED) is 0.695. The van der Waals surface area contributed by atoms with Crippen LogP contribution in [-0.4, -0.2) is 31.8 Å². The highest BCUT2D eigenvalue weighted by Gasteiger charge is 2.16. The Labute approximate surface area is 175 Å². The maximum atomic E-state index is 12.4. The van der Waals surface area contributed by atoms with Gasteiger partial charge in [-0.3, -0.25) is 10.1 Å². The lowest BCUT2D eigenvalue weighted by molar-refractivity contribution is -0.115. The van der Waals surface area contributed by atoms with Crippen molar-refractivity contribution in [2.45, 2.75) is 32.8 Å². The maximum absolute atomic E-state index is 12.4. The lowest BCUT2D eigenvalue weighted by Crippen LogP contribution is -2.27. The molecule has 29 heavy (non-hydrogen) atoms.